The lowest BCUT2D eigenvalue weighted by Crippen LogP contribution is -2.53. The van der Waals surface area contributed by atoms with Crippen LogP contribution in [0.3, 0.4) is 0 Å². The molecule has 0 aromatic heterocycles. The molecule has 0 aliphatic heterocycles. The number of ether oxygens (including phenoxy) is 1. The van der Waals surface area contributed by atoms with Crippen molar-refractivity contribution in [1.29, 1.82) is 0 Å². The molecule has 2 atom stereocenters. The third kappa shape index (κ3) is 9.69. The fourth-order valence-corrected chi connectivity index (χ4v) is 5.38. The van der Waals surface area contributed by atoms with Crippen molar-refractivity contribution in [3.05, 3.63) is 100 Å². The fourth-order valence-electron chi connectivity index (χ4n) is 5.38. The van der Waals surface area contributed by atoms with E-state index in [0.717, 1.165) is 51.9 Å². The summed E-state index contributed by atoms with van der Waals surface area (Å²) < 4.78 is 5.56. The lowest BCUT2D eigenvalue weighted by atomic mass is 9.95. The first-order valence-corrected chi connectivity index (χ1v) is 15.6. The standard InChI is InChI=1S/C37H49N3O4/c1-9-10-14-22-40(35(42)31(24-29-18-12-11-13-19-29)38-36(43)44-37(6,7)8)33(30-21-20-25(2)23-28(30)5)34(41)39-32-26(3)16-15-17-27(32)4/h11-13,15-21,23,31,33H,9-10,14,22,24H2,1-8H3,(H,38,43)(H,39,41). The van der Waals surface area contributed by atoms with E-state index in [9.17, 15) is 14.4 Å². The van der Waals surface area contributed by atoms with Crippen molar-refractivity contribution in [2.45, 2.75) is 98.8 Å². The van der Waals surface area contributed by atoms with Crippen LogP contribution in [0.4, 0.5) is 10.5 Å². The number of para-hydroxylation sites is 1. The molecule has 3 rings (SSSR count). The van der Waals surface area contributed by atoms with Crippen LogP contribution >= 0.6 is 0 Å². The van der Waals surface area contributed by atoms with Gasteiger partial charge in [-0.15, -0.1) is 0 Å². The van der Waals surface area contributed by atoms with E-state index in [0.29, 0.717) is 13.0 Å². The Labute approximate surface area is 263 Å². The van der Waals surface area contributed by atoms with Gasteiger partial charge in [0.2, 0.25) is 5.91 Å². The Bertz CT molecular complexity index is 1410. The Morgan fingerprint density at radius 1 is 0.841 bits per heavy atom. The van der Waals surface area contributed by atoms with E-state index in [4.69, 9.17) is 4.74 Å². The monoisotopic (exact) mass is 599 g/mol. The summed E-state index contributed by atoms with van der Waals surface area (Å²) in [6.07, 6.45) is 2.13. The lowest BCUT2D eigenvalue weighted by Gasteiger charge is -2.35. The zero-order valence-corrected chi connectivity index (χ0v) is 27.6. The predicted molar refractivity (Wildman–Crippen MR) is 178 cm³/mol. The van der Waals surface area contributed by atoms with Crippen LogP contribution in [0.15, 0.2) is 66.7 Å². The summed E-state index contributed by atoms with van der Waals surface area (Å²) in [5, 5.41) is 6.01. The molecule has 2 N–H and O–H groups in total. The molecule has 0 aliphatic rings. The molecule has 7 nitrogen and oxygen atoms in total. The molecule has 0 saturated heterocycles. The van der Waals surface area contributed by atoms with E-state index >= 15 is 0 Å². The van der Waals surface area contributed by atoms with Crippen molar-refractivity contribution in [2.75, 3.05) is 11.9 Å². The summed E-state index contributed by atoms with van der Waals surface area (Å²) in [5.41, 5.74) is 5.50. The highest BCUT2D eigenvalue weighted by molar-refractivity contribution is 6.00. The van der Waals surface area contributed by atoms with Gasteiger partial charge in [-0.2, -0.15) is 0 Å². The molecular weight excluding hydrogens is 550 g/mol. The first-order valence-electron chi connectivity index (χ1n) is 15.6. The van der Waals surface area contributed by atoms with Gasteiger partial charge >= 0.3 is 6.09 Å². The number of carbonyl (C=O) groups excluding carboxylic acids is 3. The van der Waals surface area contributed by atoms with Gasteiger partial charge in [-0.05, 0) is 82.7 Å². The molecule has 0 saturated carbocycles. The van der Waals surface area contributed by atoms with Gasteiger partial charge in [-0.25, -0.2) is 4.79 Å². The Kier molecular flexibility index (Phi) is 12.1. The van der Waals surface area contributed by atoms with Crippen molar-refractivity contribution in [3.8, 4) is 0 Å². The SMILES string of the molecule is CCCCCN(C(=O)C(Cc1ccccc1)NC(=O)OC(C)(C)C)C(C(=O)Nc1c(C)cccc1C)c1ccc(C)cc1C. The Balaban J connectivity index is 2.13. The second-order valence-corrected chi connectivity index (χ2v) is 12.6. The fraction of sp³-hybridized carbons (Fsp3) is 0.432. The third-order valence-electron chi connectivity index (χ3n) is 7.57. The molecule has 236 valence electrons. The van der Waals surface area contributed by atoms with Gasteiger partial charge in [0.05, 0.1) is 0 Å². The number of nitrogens with zero attached hydrogens (tertiary/aromatic N) is 1. The van der Waals surface area contributed by atoms with Crippen LogP contribution in [0, 0.1) is 27.7 Å². The zero-order chi connectivity index (χ0) is 32.4. The Morgan fingerprint density at radius 3 is 2.09 bits per heavy atom. The van der Waals surface area contributed by atoms with Gasteiger partial charge in [0.1, 0.15) is 17.7 Å². The van der Waals surface area contributed by atoms with Gasteiger partial charge in [-0.3, -0.25) is 9.59 Å². The minimum Gasteiger partial charge on any atom is -0.444 e. The quantitative estimate of drug-likeness (QED) is 0.208. The van der Waals surface area contributed by atoms with Crippen molar-refractivity contribution in [2.24, 2.45) is 0 Å². The highest BCUT2D eigenvalue weighted by Crippen LogP contribution is 2.30. The molecule has 3 aromatic rings. The summed E-state index contributed by atoms with van der Waals surface area (Å²) in [4.78, 5) is 43.8. The van der Waals surface area contributed by atoms with E-state index in [-0.39, 0.29) is 18.2 Å². The molecule has 3 aromatic carbocycles. The minimum absolute atomic E-state index is 0.251. The Hall–Kier alpha value is -4.13. The van der Waals surface area contributed by atoms with Gasteiger partial charge in [0, 0.05) is 18.7 Å². The summed E-state index contributed by atoms with van der Waals surface area (Å²) in [6.45, 7) is 15.7. The molecule has 0 aliphatic carbocycles. The number of unbranched alkanes of at least 4 members (excludes halogenated alkanes) is 2. The maximum Gasteiger partial charge on any atom is 0.408 e. The molecule has 7 heteroatoms. The minimum atomic E-state index is -0.949. The van der Waals surface area contributed by atoms with Gasteiger partial charge in [0.25, 0.3) is 5.91 Å². The van der Waals surface area contributed by atoms with Crippen LogP contribution in [-0.4, -0.2) is 41.0 Å². The lowest BCUT2D eigenvalue weighted by molar-refractivity contribution is -0.140. The number of carbonyl (C=O) groups is 3. The number of nitrogens with one attached hydrogen (secondary N) is 2. The first kappa shape index (κ1) is 34.4. The van der Waals surface area contributed by atoms with E-state index in [1.165, 1.54) is 0 Å². The molecule has 0 spiro atoms. The van der Waals surface area contributed by atoms with Crippen LogP contribution in [0.5, 0.6) is 0 Å². The van der Waals surface area contributed by atoms with Gasteiger partial charge in [-0.1, -0.05) is 92.1 Å². The van der Waals surface area contributed by atoms with Crippen LogP contribution in [0.1, 0.15) is 86.4 Å². The first-order chi connectivity index (χ1) is 20.8. The van der Waals surface area contributed by atoms with Gasteiger partial charge in [0.15, 0.2) is 0 Å². The summed E-state index contributed by atoms with van der Waals surface area (Å²) in [6, 6.07) is 19.5. The average molecular weight is 600 g/mol. The molecule has 2 unspecified atom stereocenters. The molecular formula is C37H49N3O4. The molecule has 0 fully saturated rings. The largest absolute Gasteiger partial charge is 0.444 e. The predicted octanol–water partition coefficient (Wildman–Crippen LogP) is 7.75. The topological polar surface area (TPSA) is 87.7 Å². The number of aryl methyl sites for hydroxylation is 4. The molecule has 0 heterocycles. The highest BCUT2D eigenvalue weighted by Gasteiger charge is 2.37. The summed E-state index contributed by atoms with van der Waals surface area (Å²) in [7, 11) is 0. The Morgan fingerprint density at radius 2 is 1.50 bits per heavy atom. The van der Waals surface area contributed by atoms with Crippen molar-refractivity contribution >= 4 is 23.6 Å². The van der Waals surface area contributed by atoms with Gasteiger partial charge < -0.3 is 20.3 Å². The van der Waals surface area contributed by atoms with E-state index < -0.39 is 23.8 Å². The summed E-state index contributed by atoms with van der Waals surface area (Å²) in [5.74, 6) is -0.632. The maximum absolute atomic E-state index is 14.7. The molecule has 0 bridgehead atoms. The number of amides is 3. The third-order valence-corrected chi connectivity index (χ3v) is 7.57. The van der Waals surface area contributed by atoms with E-state index in [2.05, 4.69) is 17.6 Å². The van der Waals surface area contributed by atoms with E-state index in [1.54, 1.807) is 25.7 Å². The van der Waals surface area contributed by atoms with Crippen molar-refractivity contribution < 1.29 is 19.1 Å². The second kappa shape index (κ2) is 15.6. The van der Waals surface area contributed by atoms with Crippen molar-refractivity contribution in [1.82, 2.24) is 10.2 Å². The number of alkyl carbamates (subject to hydrolysis) is 1. The molecule has 3 amide bonds. The number of hydrogen-bond donors (Lipinski definition) is 2. The van der Waals surface area contributed by atoms with E-state index in [1.807, 2.05) is 94.4 Å². The van der Waals surface area contributed by atoms with Crippen LogP contribution in [-0.2, 0) is 20.7 Å². The summed E-state index contributed by atoms with van der Waals surface area (Å²) >= 11 is 0. The molecule has 44 heavy (non-hydrogen) atoms. The number of benzene rings is 3. The number of hydrogen-bond acceptors (Lipinski definition) is 4. The average Bonchev–Trinajstić information content (AvgIpc) is 2.94. The smallest absolute Gasteiger partial charge is 0.408 e. The molecule has 0 radical (unpaired) electrons. The normalized spacial score (nSPS) is 12.6. The number of anilines is 1. The maximum atomic E-state index is 14.7. The zero-order valence-electron chi connectivity index (χ0n) is 27.6. The highest BCUT2D eigenvalue weighted by atomic mass is 16.6. The second-order valence-electron chi connectivity index (χ2n) is 12.6. The van der Waals surface area contributed by atoms with Crippen molar-refractivity contribution in [3.63, 3.8) is 0 Å². The van der Waals surface area contributed by atoms with Crippen LogP contribution in [0.25, 0.3) is 0 Å². The van der Waals surface area contributed by atoms with Crippen LogP contribution in [0.2, 0.25) is 0 Å². The van der Waals surface area contributed by atoms with Crippen LogP contribution < -0.4 is 10.6 Å². The number of rotatable bonds is 12.